The van der Waals surface area contributed by atoms with E-state index in [-0.39, 0.29) is 35.7 Å². The molecule has 0 amide bonds. The van der Waals surface area contributed by atoms with E-state index in [4.69, 9.17) is 28.0 Å². The van der Waals surface area contributed by atoms with Crippen molar-refractivity contribution in [2.45, 2.75) is 171 Å². The van der Waals surface area contributed by atoms with Gasteiger partial charge >= 0.3 is 27.0 Å². The maximum Gasteiger partial charge on any atom is 0.354 e. The van der Waals surface area contributed by atoms with Crippen molar-refractivity contribution in [2.75, 3.05) is 12.7 Å². The molecule has 0 radical (unpaired) electrons. The minimum absolute atomic E-state index is 0.0377. The lowest BCUT2D eigenvalue weighted by Gasteiger charge is -2.24. The lowest BCUT2D eigenvalue weighted by Crippen LogP contribution is -2.36. The van der Waals surface area contributed by atoms with Gasteiger partial charge in [-0.2, -0.15) is 0 Å². The van der Waals surface area contributed by atoms with Gasteiger partial charge in [0.25, 0.3) is 0 Å². The molecular weight excluding hydrogens is 1070 g/mol. The molecule has 0 saturated carbocycles. The lowest BCUT2D eigenvalue weighted by molar-refractivity contribution is -0.149. The van der Waals surface area contributed by atoms with Crippen LogP contribution in [0.1, 0.15) is 149 Å². The molecule has 0 aromatic heterocycles. The fourth-order valence-corrected chi connectivity index (χ4v) is 14.4. The number of rotatable bonds is 22. The largest absolute Gasteiger partial charge is 0.508 e. The number of aryl methyl sites for hydroxylation is 4. The molecule has 16 heteroatoms. The number of benzene rings is 6. The van der Waals surface area contributed by atoms with Crippen molar-refractivity contribution in [3.05, 3.63) is 176 Å². The van der Waals surface area contributed by atoms with E-state index in [1.165, 1.54) is 33.4 Å². The van der Waals surface area contributed by atoms with Gasteiger partial charge in [-0.1, -0.05) is 76.2 Å². The Morgan fingerprint density at radius 2 is 0.841 bits per heavy atom. The summed E-state index contributed by atoms with van der Waals surface area (Å²) in [5, 5.41) is 26.8. The van der Waals surface area contributed by atoms with Gasteiger partial charge in [0.05, 0.1) is 12.2 Å². The fraction of sp³-hybridized carbons (Fsp3) is 0.424. The Labute approximate surface area is 485 Å². The third-order valence-corrected chi connectivity index (χ3v) is 18.7. The second-order valence-corrected chi connectivity index (χ2v) is 27.9. The Morgan fingerprint density at radius 1 is 0.512 bits per heavy atom. The predicted molar refractivity (Wildman–Crippen MR) is 324 cm³/mol. The number of hydrogen-bond acceptors (Lipinski definition) is 12. The van der Waals surface area contributed by atoms with E-state index in [1.807, 2.05) is 88.4 Å². The number of para-hydroxylation sites is 2. The number of phenolic OH excluding ortho intramolecular Hbond substituents is 2. The van der Waals surface area contributed by atoms with Crippen molar-refractivity contribution >= 4 is 27.0 Å². The van der Waals surface area contributed by atoms with Gasteiger partial charge in [-0.05, 0) is 235 Å². The third kappa shape index (κ3) is 16.0. The van der Waals surface area contributed by atoms with Crippen LogP contribution in [-0.4, -0.2) is 59.1 Å². The Morgan fingerprint density at radius 3 is 1.16 bits per heavy atom. The van der Waals surface area contributed by atoms with Crippen LogP contribution in [0.4, 0.5) is 0 Å². The van der Waals surface area contributed by atoms with Crippen LogP contribution in [0.25, 0.3) is 0 Å². The number of phenols is 2. The molecular formula is C66H84N2O12P2. The van der Waals surface area contributed by atoms with E-state index >= 15 is 0 Å². The van der Waals surface area contributed by atoms with E-state index in [0.29, 0.717) is 34.5 Å². The van der Waals surface area contributed by atoms with Crippen LogP contribution in [0, 0.1) is 27.7 Å². The molecule has 6 aromatic carbocycles. The van der Waals surface area contributed by atoms with Crippen LogP contribution >= 0.6 is 15.0 Å². The highest BCUT2D eigenvalue weighted by atomic mass is 31.2. The van der Waals surface area contributed by atoms with Gasteiger partial charge in [-0.25, -0.2) is 10.2 Å². The Hall–Kier alpha value is -6.56. The molecule has 0 unspecified atom stereocenters. The van der Waals surface area contributed by atoms with Crippen molar-refractivity contribution < 1.29 is 56.9 Å². The standard InChI is InChI=1S/2C33H42NO6P/c2*1-21(2)39-32(36)24(5)34-41(37,40-26-11-9-8-10-12-26)20-38-27-17-22(3)29(23(4)18-27)19-25-13-14-30(35)31-28(25)15-16-33(31,6)7/h2*8-14,17-18,21,24,35H,15-16,19-20H2,1-7H3,(H,34,37)/t24-,41+;24-,41-/m00/s1. The molecule has 14 nitrogen and oxygen atoms in total. The van der Waals surface area contributed by atoms with Gasteiger partial charge in [0.1, 0.15) is 46.6 Å². The number of esters is 2. The average Bonchev–Trinajstić information content (AvgIpc) is 4.03. The summed E-state index contributed by atoms with van der Waals surface area (Å²) in [6.45, 7) is 27.2. The number of nitrogens with one attached hydrogen (secondary N) is 2. The lowest BCUT2D eigenvalue weighted by atomic mass is 9.84. The smallest absolute Gasteiger partial charge is 0.354 e. The maximum absolute atomic E-state index is 13.9. The van der Waals surface area contributed by atoms with Crippen molar-refractivity contribution in [1.29, 1.82) is 0 Å². The summed E-state index contributed by atoms with van der Waals surface area (Å²) in [5.74, 6) is 1.67. The van der Waals surface area contributed by atoms with Crippen molar-refractivity contribution in [2.24, 2.45) is 0 Å². The number of fused-ring (bicyclic) bond motifs is 2. The summed E-state index contributed by atoms with van der Waals surface area (Å²) >= 11 is 0. The van der Waals surface area contributed by atoms with E-state index in [9.17, 15) is 28.9 Å². The first kappa shape index (κ1) is 63.0. The van der Waals surface area contributed by atoms with Crippen molar-refractivity contribution in [3.63, 3.8) is 0 Å². The van der Waals surface area contributed by atoms with Gasteiger partial charge in [-0.15, -0.1) is 0 Å². The van der Waals surface area contributed by atoms with Crippen molar-refractivity contribution in [1.82, 2.24) is 10.2 Å². The summed E-state index contributed by atoms with van der Waals surface area (Å²) in [7, 11) is -7.36. The van der Waals surface area contributed by atoms with Crippen LogP contribution in [0.15, 0.2) is 109 Å². The highest BCUT2D eigenvalue weighted by Gasteiger charge is 2.37. The molecule has 82 heavy (non-hydrogen) atoms. The first-order valence-corrected chi connectivity index (χ1v) is 32.0. The average molecular weight is 1160 g/mol. The quantitative estimate of drug-likeness (QED) is 0.0371. The number of ether oxygens (including phenoxy) is 4. The summed E-state index contributed by atoms with van der Waals surface area (Å²) in [6, 6.07) is 31.4. The normalized spacial score (nSPS) is 16.1. The van der Waals surface area contributed by atoms with E-state index < -0.39 is 39.1 Å². The van der Waals surface area contributed by atoms with Gasteiger partial charge in [-0.3, -0.25) is 18.7 Å². The zero-order valence-electron chi connectivity index (χ0n) is 50.2. The van der Waals surface area contributed by atoms with E-state index in [2.05, 4.69) is 37.9 Å². The van der Waals surface area contributed by atoms with Crippen LogP contribution in [0.2, 0.25) is 0 Å². The van der Waals surface area contributed by atoms with E-state index in [1.54, 1.807) is 90.1 Å². The molecule has 0 aliphatic heterocycles. The molecule has 0 spiro atoms. The highest BCUT2D eigenvalue weighted by molar-refractivity contribution is 7.57. The topological polar surface area (TPSA) is 188 Å². The number of aromatic hydroxyl groups is 2. The zero-order valence-corrected chi connectivity index (χ0v) is 52.0. The molecule has 4 N–H and O–H groups in total. The van der Waals surface area contributed by atoms with Crippen LogP contribution in [0.3, 0.4) is 0 Å². The number of carbonyl (C=O) groups excluding carboxylic acids is 2. The minimum atomic E-state index is -3.68. The molecule has 440 valence electrons. The predicted octanol–water partition coefficient (Wildman–Crippen LogP) is 14.7. The second kappa shape index (κ2) is 26.3. The van der Waals surface area contributed by atoms with Gasteiger partial charge in [0.2, 0.25) is 0 Å². The second-order valence-electron chi connectivity index (χ2n) is 23.8. The van der Waals surface area contributed by atoms with Gasteiger partial charge in [0.15, 0.2) is 12.7 Å². The molecule has 4 atom stereocenters. The summed E-state index contributed by atoms with van der Waals surface area (Å²) in [4.78, 5) is 24.9. The first-order chi connectivity index (χ1) is 38.6. The Kier molecular flexibility index (Phi) is 20.3. The highest BCUT2D eigenvalue weighted by Crippen LogP contribution is 2.49. The SMILES string of the molecule is Cc1cc(OC[P@@](=O)(N[C@@H](C)C(=O)OC(C)C)Oc2ccccc2)cc(C)c1Cc1ccc(O)c2c1CCC2(C)C.Cc1cc(OC[P@](=O)(N[C@@H](C)C(=O)OC(C)C)Oc2ccccc2)cc(C)c1Cc1ccc(O)c2c1CCC2(C)C. The monoisotopic (exact) mass is 1160 g/mol. The summed E-state index contributed by atoms with van der Waals surface area (Å²) < 4.78 is 62.3. The summed E-state index contributed by atoms with van der Waals surface area (Å²) in [6.07, 6.45) is 4.31. The van der Waals surface area contributed by atoms with Crippen LogP contribution < -0.4 is 28.7 Å². The molecule has 2 aliphatic carbocycles. The van der Waals surface area contributed by atoms with E-state index in [0.717, 1.165) is 71.9 Å². The van der Waals surface area contributed by atoms with Crippen LogP contribution in [0.5, 0.6) is 34.5 Å². The van der Waals surface area contributed by atoms with Gasteiger partial charge in [0, 0.05) is 11.1 Å². The Balaban J connectivity index is 0.000000236. The molecule has 0 heterocycles. The number of carbonyl (C=O) groups is 2. The molecule has 0 bridgehead atoms. The number of hydrogen-bond donors (Lipinski definition) is 4. The molecule has 8 rings (SSSR count). The summed E-state index contributed by atoms with van der Waals surface area (Å²) in [5.41, 5.74) is 13.6. The molecule has 0 saturated heterocycles. The molecule has 6 aromatic rings. The Bertz CT molecular complexity index is 3070. The maximum atomic E-state index is 13.9. The minimum Gasteiger partial charge on any atom is -0.508 e. The molecule has 2 aliphatic rings. The van der Waals surface area contributed by atoms with Crippen LogP contribution in [-0.2, 0) is 64.7 Å². The third-order valence-electron chi connectivity index (χ3n) is 15.2. The first-order valence-electron chi connectivity index (χ1n) is 28.3. The fourth-order valence-electron chi connectivity index (χ4n) is 11.1. The van der Waals surface area contributed by atoms with Gasteiger partial charge < -0.3 is 38.2 Å². The van der Waals surface area contributed by atoms with Crippen molar-refractivity contribution in [3.8, 4) is 34.5 Å². The zero-order chi connectivity index (χ0) is 59.9. The molecule has 0 fully saturated rings.